The summed E-state index contributed by atoms with van der Waals surface area (Å²) in [6, 6.07) is 6.42. The SMILES string of the molecule is C/C=C/c1ccc2c(c1)CCN(C(=O)OC(C)(C)C)C2. The summed E-state index contributed by atoms with van der Waals surface area (Å²) in [7, 11) is 0. The highest BCUT2D eigenvalue weighted by Crippen LogP contribution is 2.22. The van der Waals surface area contributed by atoms with E-state index in [1.54, 1.807) is 4.90 Å². The normalized spacial score (nSPS) is 15.3. The number of hydrogen-bond donors (Lipinski definition) is 0. The number of fused-ring (bicyclic) bond motifs is 1. The minimum Gasteiger partial charge on any atom is -0.444 e. The lowest BCUT2D eigenvalue weighted by Gasteiger charge is -2.31. The maximum atomic E-state index is 12.1. The lowest BCUT2D eigenvalue weighted by atomic mass is 9.97. The van der Waals surface area contributed by atoms with Crippen molar-refractivity contribution in [1.29, 1.82) is 0 Å². The molecule has 0 aromatic heterocycles. The predicted octanol–water partition coefficient (Wildman–Crippen LogP) is 4.01. The van der Waals surface area contributed by atoms with Crippen LogP contribution in [0.4, 0.5) is 4.79 Å². The van der Waals surface area contributed by atoms with Crippen molar-refractivity contribution < 1.29 is 9.53 Å². The van der Waals surface area contributed by atoms with Crippen molar-refractivity contribution in [3.05, 3.63) is 41.0 Å². The highest BCUT2D eigenvalue weighted by atomic mass is 16.6. The first-order valence-electron chi connectivity index (χ1n) is 7.11. The van der Waals surface area contributed by atoms with Crippen LogP contribution in [0.25, 0.3) is 6.08 Å². The van der Waals surface area contributed by atoms with Gasteiger partial charge in [0.2, 0.25) is 0 Å². The second kappa shape index (κ2) is 5.70. The number of allylic oxidation sites excluding steroid dienone is 1. The molecule has 0 saturated heterocycles. The van der Waals surface area contributed by atoms with Gasteiger partial charge in [-0.05, 0) is 50.8 Å². The average Bonchev–Trinajstić information content (AvgIpc) is 2.36. The largest absolute Gasteiger partial charge is 0.444 e. The lowest BCUT2D eigenvalue weighted by Crippen LogP contribution is -2.39. The van der Waals surface area contributed by atoms with Crippen LogP contribution in [0.5, 0.6) is 0 Å². The van der Waals surface area contributed by atoms with E-state index in [9.17, 15) is 4.79 Å². The zero-order valence-corrected chi connectivity index (χ0v) is 12.8. The first-order valence-corrected chi connectivity index (χ1v) is 7.11. The van der Waals surface area contributed by atoms with E-state index in [-0.39, 0.29) is 6.09 Å². The monoisotopic (exact) mass is 273 g/mol. The molecule has 1 amide bonds. The quantitative estimate of drug-likeness (QED) is 0.773. The third kappa shape index (κ3) is 3.62. The molecule has 0 N–H and O–H groups in total. The maximum Gasteiger partial charge on any atom is 0.410 e. The molecule has 3 heteroatoms. The van der Waals surface area contributed by atoms with E-state index in [1.165, 1.54) is 16.7 Å². The van der Waals surface area contributed by atoms with Gasteiger partial charge in [0.05, 0.1) is 0 Å². The van der Waals surface area contributed by atoms with Crippen molar-refractivity contribution in [2.24, 2.45) is 0 Å². The van der Waals surface area contributed by atoms with Gasteiger partial charge in [0.1, 0.15) is 5.60 Å². The van der Waals surface area contributed by atoms with Crippen LogP contribution in [-0.4, -0.2) is 23.1 Å². The third-order valence-electron chi connectivity index (χ3n) is 3.25. The van der Waals surface area contributed by atoms with Crippen LogP contribution in [0.15, 0.2) is 24.3 Å². The van der Waals surface area contributed by atoms with Gasteiger partial charge in [-0.15, -0.1) is 0 Å². The second-order valence-corrected chi connectivity index (χ2v) is 6.18. The predicted molar refractivity (Wildman–Crippen MR) is 81.5 cm³/mol. The summed E-state index contributed by atoms with van der Waals surface area (Å²) in [6.07, 6.45) is 4.80. The standard InChI is InChI=1S/C17H23NO2/c1-5-6-13-7-8-15-12-18(10-9-14(15)11-13)16(19)20-17(2,3)4/h5-8,11H,9-10,12H2,1-4H3/b6-5+. The molecule has 2 rings (SSSR count). The van der Waals surface area contributed by atoms with Crippen LogP contribution >= 0.6 is 0 Å². The van der Waals surface area contributed by atoms with Crippen molar-refractivity contribution in [1.82, 2.24) is 4.90 Å². The molecule has 0 spiro atoms. The van der Waals surface area contributed by atoms with Gasteiger partial charge >= 0.3 is 6.09 Å². The zero-order valence-electron chi connectivity index (χ0n) is 12.8. The summed E-state index contributed by atoms with van der Waals surface area (Å²) in [4.78, 5) is 13.9. The molecule has 108 valence electrons. The maximum absolute atomic E-state index is 12.1. The fourth-order valence-corrected chi connectivity index (χ4v) is 2.35. The summed E-state index contributed by atoms with van der Waals surface area (Å²) >= 11 is 0. The first kappa shape index (κ1) is 14.6. The van der Waals surface area contributed by atoms with Crippen LogP contribution in [0, 0.1) is 0 Å². The fourth-order valence-electron chi connectivity index (χ4n) is 2.35. The number of ether oxygens (including phenoxy) is 1. The van der Waals surface area contributed by atoms with E-state index >= 15 is 0 Å². The molecule has 0 unspecified atom stereocenters. The Bertz CT molecular complexity index is 526. The van der Waals surface area contributed by atoms with Gasteiger partial charge < -0.3 is 9.64 Å². The molecular weight excluding hydrogens is 250 g/mol. The Morgan fingerprint density at radius 2 is 2.05 bits per heavy atom. The number of rotatable bonds is 1. The molecule has 0 radical (unpaired) electrons. The molecular formula is C17H23NO2. The van der Waals surface area contributed by atoms with E-state index in [2.05, 4.69) is 24.3 Å². The average molecular weight is 273 g/mol. The molecule has 0 bridgehead atoms. The number of nitrogens with zero attached hydrogens (tertiary/aromatic N) is 1. The summed E-state index contributed by atoms with van der Waals surface area (Å²) in [5, 5.41) is 0. The number of amides is 1. The van der Waals surface area contributed by atoms with Gasteiger partial charge in [-0.25, -0.2) is 4.79 Å². The zero-order chi connectivity index (χ0) is 14.8. The Morgan fingerprint density at radius 1 is 1.30 bits per heavy atom. The third-order valence-corrected chi connectivity index (χ3v) is 3.25. The van der Waals surface area contributed by atoms with E-state index in [1.807, 2.05) is 33.8 Å². The van der Waals surface area contributed by atoms with Gasteiger partial charge in [0, 0.05) is 13.1 Å². The molecule has 0 aliphatic carbocycles. The topological polar surface area (TPSA) is 29.5 Å². The fraction of sp³-hybridized carbons (Fsp3) is 0.471. The highest BCUT2D eigenvalue weighted by Gasteiger charge is 2.25. The minimum absolute atomic E-state index is 0.222. The molecule has 1 aliphatic rings. The van der Waals surface area contributed by atoms with Gasteiger partial charge in [-0.2, -0.15) is 0 Å². The smallest absolute Gasteiger partial charge is 0.410 e. The van der Waals surface area contributed by atoms with E-state index < -0.39 is 5.60 Å². The summed E-state index contributed by atoms with van der Waals surface area (Å²) < 4.78 is 5.43. The van der Waals surface area contributed by atoms with Crippen molar-refractivity contribution in [3.63, 3.8) is 0 Å². The molecule has 3 nitrogen and oxygen atoms in total. The number of carbonyl (C=O) groups excluding carboxylic acids is 1. The summed E-state index contributed by atoms with van der Waals surface area (Å²) in [5.41, 5.74) is 3.33. The molecule has 1 aromatic carbocycles. The van der Waals surface area contributed by atoms with Gasteiger partial charge in [0.25, 0.3) is 0 Å². The van der Waals surface area contributed by atoms with Crippen molar-refractivity contribution in [2.45, 2.75) is 46.3 Å². The lowest BCUT2D eigenvalue weighted by molar-refractivity contribution is 0.0224. The van der Waals surface area contributed by atoms with Crippen LogP contribution in [0.2, 0.25) is 0 Å². The number of benzene rings is 1. The summed E-state index contributed by atoms with van der Waals surface area (Å²) in [6.45, 7) is 9.07. The van der Waals surface area contributed by atoms with Crippen molar-refractivity contribution >= 4 is 12.2 Å². The van der Waals surface area contributed by atoms with Gasteiger partial charge in [-0.3, -0.25) is 0 Å². The van der Waals surface area contributed by atoms with Crippen LogP contribution in [-0.2, 0) is 17.7 Å². The Morgan fingerprint density at radius 3 is 2.70 bits per heavy atom. The van der Waals surface area contributed by atoms with Gasteiger partial charge in [0.15, 0.2) is 0 Å². The molecule has 0 atom stereocenters. The van der Waals surface area contributed by atoms with E-state index in [0.29, 0.717) is 6.54 Å². The van der Waals surface area contributed by atoms with Crippen molar-refractivity contribution in [3.8, 4) is 0 Å². The van der Waals surface area contributed by atoms with Crippen molar-refractivity contribution in [2.75, 3.05) is 6.54 Å². The molecule has 1 heterocycles. The molecule has 20 heavy (non-hydrogen) atoms. The van der Waals surface area contributed by atoms with Crippen LogP contribution in [0.1, 0.15) is 44.4 Å². The Kier molecular flexibility index (Phi) is 4.17. The molecule has 0 saturated carbocycles. The number of carbonyl (C=O) groups is 1. The van der Waals surface area contributed by atoms with E-state index in [0.717, 1.165) is 13.0 Å². The van der Waals surface area contributed by atoms with Crippen LogP contribution < -0.4 is 0 Å². The number of hydrogen-bond acceptors (Lipinski definition) is 2. The first-order chi connectivity index (χ1) is 9.39. The molecule has 1 aromatic rings. The highest BCUT2D eigenvalue weighted by molar-refractivity contribution is 5.68. The Labute approximate surface area is 121 Å². The van der Waals surface area contributed by atoms with Crippen LogP contribution in [0.3, 0.4) is 0 Å². The minimum atomic E-state index is -0.437. The van der Waals surface area contributed by atoms with Gasteiger partial charge in [-0.1, -0.05) is 30.4 Å². The second-order valence-electron chi connectivity index (χ2n) is 6.18. The Hall–Kier alpha value is -1.77. The molecule has 1 aliphatic heterocycles. The van der Waals surface area contributed by atoms with E-state index in [4.69, 9.17) is 4.74 Å². The summed E-state index contributed by atoms with van der Waals surface area (Å²) in [5.74, 6) is 0. The molecule has 0 fully saturated rings. The Balaban J connectivity index is 2.10.